The first-order valence-electron chi connectivity index (χ1n) is 4.03. The Balaban J connectivity index is 2.14. The Bertz CT molecular complexity index is 237. The molecule has 0 spiro atoms. The van der Waals surface area contributed by atoms with Gasteiger partial charge in [0.05, 0.1) is 12.5 Å². The molecule has 0 N–H and O–H groups in total. The zero-order chi connectivity index (χ0) is 6.55. The van der Waals surface area contributed by atoms with Crippen LogP contribution in [0.2, 0.25) is 0 Å². The van der Waals surface area contributed by atoms with E-state index >= 15 is 0 Å². The van der Waals surface area contributed by atoms with Crippen molar-refractivity contribution in [2.24, 2.45) is 0 Å². The molecular weight excluding hydrogens is 124 g/mol. The minimum absolute atomic E-state index is 0.883. The molecule has 0 aromatic carbocycles. The lowest BCUT2D eigenvalue weighted by Gasteiger charge is -2.29. The van der Waals surface area contributed by atoms with Crippen LogP contribution in [0, 0.1) is 0 Å². The summed E-state index contributed by atoms with van der Waals surface area (Å²) in [5.41, 5.74) is 3.00. The van der Waals surface area contributed by atoms with E-state index in [4.69, 9.17) is 4.42 Å². The van der Waals surface area contributed by atoms with Gasteiger partial charge in [-0.15, -0.1) is 0 Å². The second-order valence-electron chi connectivity index (χ2n) is 3.43. The molecule has 1 aromatic heterocycles. The van der Waals surface area contributed by atoms with Crippen molar-refractivity contribution in [2.75, 3.05) is 0 Å². The lowest BCUT2D eigenvalue weighted by molar-refractivity contribution is 0.548. The van der Waals surface area contributed by atoms with Gasteiger partial charge < -0.3 is 4.42 Å². The fourth-order valence-corrected chi connectivity index (χ4v) is 2.53. The zero-order valence-corrected chi connectivity index (χ0v) is 5.84. The van der Waals surface area contributed by atoms with Gasteiger partial charge in [0, 0.05) is 0 Å². The predicted octanol–water partition coefficient (Wildman–Crippen LogP) is 2.64. The fraction of sp³-hybridized carbons (Fsp3) is 0.556. The monoisotopic (exact) mass is 134 g/mol. The Hall–Kier alpha value is -0.720. The highest BCUT2D eigenvalue weighted by Gasteiger charge is 2.42. The number of furan rings is 1. The summed E-state index contributed by atoms with van der Waals surface area (Å²) >= 11 is 0. The number of hydrogen-bond donors (Lipinski definition) is 0. The molecule has 52 valence electrons. The molecule has 2 unspecified atom stereocenters. The molecule has 1 aromatic rings. The molecule has 2 atom stereocenters. The van der Waals surface area contributed by atoms with Gasteiger partial charge in [0.25, 0.3) is 0 Å². The van der Waals surface area contributed by atoms with E-state index in [-0.39, 0.29) is 0 Å². The second-order valence-corrected chi connectivity index (χ2v) is 3.43. The van der Waals surface area contributed by atoms with Crippen molar-refractivity contribution >= 4 is 0 Å². The highest BCUT2D eigenvalue weighted by atomic mass is 16.3. The van der Waals surface area contributed by atoms with E-state index in [1.165, 1.54) is 30.4 Å². The summed E-state index contributed by atoms with van der Waals surface area (Å²) in [5, 5.41) is 0. The van der Waals surface area contributed by atoms with Crippen molar-refractivity contribution in [3.8, 4) is 0 Å². The standard InChI is InChI=1S/C9H10O/c1-2-6-7(3-1)9-5-10-4-8(6)9/h4-7H,1-3H2. The Morgan fingerprint density at radius 1 is 1.10 bits per heavy atom. The van der Waals surface area contributed by atoms with Gasteiger partial charge in [-0.25, -0.2) is 0 Å². The quantitative estimate of drug-likeness (QED) is 0.531. The predicted molar refractivity (Wildman–Crippen MR) is 38.0 cm³/mol. The molecule has 0 radical (unpaired) electrons. The highest BCUT2D eigenvalue weighted by molar-refractivity contribution is 5.43. The third-order valence-corrected chi connectivity index (χ3v) is 3.04. The van der Waals surface area contributed by atoms with Gasteiger partial charge in [-0.3, -0.25) is 0 Å². The Morgan fingerprint density at radius 2 is 1.70 bits per heavy atom. The van der Waals surface area contributed by atoms with Crippen molar-refractivity contribution in [3.05, 3.63) is 23.7 Å². The number of rotatable bonds is 0. The lowest BCUT2D eigenvalue weighted by Crippen LogP contribution is -2.16. The Kier molecular flexibility index (Phi) is 0.735. The minimum Gasteiger partial charge on any atom is -0.472 e. The molecule has 0 aliphatic heterocycles. The van der Waals surface area contributed by atoms with Gasteiger partial charge in [-0.05, 0) is 35.8 Å². The van der Waals surface area contributed by atoms with Gasteiger partial charge in [0.15, 0.2) is 0 Å². The molecule has 1 heteroatoms. The van der Waals surface area contributed by atoms with E-state index in [0.717, 1.165) is 11.8 Å². The van der Waals surface area contributed by atoms with E-state index < -0.39 is 0 Å². The van der Waals surface area contributed by atoms with Crippen LogP contribution in [0.4, 0.5) is 0 Å². The van der Waals surface area contributed by atoms with Crippen molar-refractivity contribution in [1.29, 1.82) is 0 Å². The van der Waals surface area contributed by atoms with E-state index in [2.05, 4.69) is 0 Å². The topological polar surface area (TPSA) is 13.1 Å². The summed E-state index contributed by atoms with van der Waals surface area (Å²) in [7, 11) is 0. The van der Waals surface area contributed by atoms with Gasteiger partial charge in [-0.2, -0.15) is 0 Å². The first kappa shape index (κ1) is 5.00. The number of fused-ring (bicyclic) bond motifs is 4. The summed E-state index contributed by atoms with van der Waals surface area (Å²) in [4.78, 5) is 0. The largest absolute Gasteiger partial charge is 0.472 e. The smallest absolute Gasteiger partial charge is 0.0940 e. The molecule has 0 saturated heterocycles. The highest BCUT2D eigenvalue weighted by Crippen LogP contribution is 2.56. The average molecular weight is 134 g/mol. The van der Waals surface area contributed by atoms with Crippen LogP contribution < -0.4 is 0 Å². The van der Waals surface area contributed by atoms with Crippen LogP contribution in [0.15, 0.2) is 16.9 Å². The molecule has 2 aliphatic carbocycles. The molecule has 1 heterocycles. The molecule has 0 bridgehead atoms. The van der Waals surface area contributed by atoms with E-state index in [9.17, 15) is 0 Å². The van der Waals surface area contributed by atoms with Crippen molar-refractivity contribution in [2.45, 2.75) is 31.1 Å². The Labute approximate surface area is 60.0 Å². The van der Waals surface area contributed by atoms with Crippen LogP contribution in [-0.2, 0) is 0 Å². The maximum atomic E-state index is 5.14. The first-order valence-corrected chi connectivity index (χ1v) is 4.03. The SMILES string of the molecule is c1occ2c1C1CCCC21. The second kappa shape index (κ2) is 1.47. The van der Waals surface area contributed by atoms with Crippen LogP contribution in [0.1, 0.15) is 42.2 Å². The number of hydrogen-bond acceptors (Lipinski definition) is 1. The molecule has 1 saturated carbocycles. The molecule has 1 fully saturated rings. The van der Waals surface area contributed by atoms with Crippen LogP contribution in [0.25, 0.3) is 0 Å². The van der Waals surface area contributed by atoms with Gasteiger partial charge >= 0.3 is 0 Å². The van der Waals surface area contributed by atoms with E-state index in [1.807, 2.05) is 12.5 Å². The van der Waals surface area contributed by atoms with Gasteiger partial charge in [-0.1, -0.05) is 6.42 Å². The molecular formula is C9H10O. The molecule has 0 amide bonds. The molecule has 2 aliphatic rings. The van der Waals surface area contributed by atoms with Crippen LogP contribution >= 0.6 is 0 Å². The third kappa shape index (κ3) is 0.386. The summed E-state index contributed by atoms with van der Waals surface area (Å²) in [5.74, 6) is 1.77. The zero-order valence-electron chi connectivity index (χ0n) is 5.84. The summed E-state index contributed by atoms with van der Waals surface area (Å²) in [6, 6.07) is 0. The van der Waals surface area contributed by atoms with Crippen LogP contribution in [0.3, 0.4) is 0 Å². The fourth-order valence-electron chi connectivity index (χ4n) is 2.53. The average Bonchev–Trinajstić information content (AvgIpc) is 2.42. The maximum absolute atomic E-state index is 5.14. The third-order valence-electron chi connectivity index (χ3n) is 3.04. The van der Waals surface area contributed by atoms with Crippen molar-refractivity contribution in [1.82, 2.24) is 0 Å². The van der Waals surface area contributed by atoms with E-state index in [1.54, 1.807) is 0 Å². The summed E-state index contributed by atoms with van der Waals surface area (Å²) in [6.07, 6.45) is 8.09. The minimum atomic E-state index is 0.883. The first-order chi connectivity index (χ1) is 4.97. The van der Waals surface area contributed by atoms with Gasteiger partial charge in [0.2, 0.25) is 0 Å². The Morgan fingerprint density at radius 3 is 2.30 bits per heavy atom. The van der Waals surface area contributed by atoms with Crippen molar-refractivity contribution in [3.63, 3.8) is 0 Å². The normalized spacial score (nSPS) is 34.8. The summed E-state index contributed by atoms with van der Waals surface area (Å²) in [6.45, 7) is 0. The van der Waals surface area contributed by atoms with Crippen molar-refractivity contribution < 1.29 is 4.42 Å². The molecule has 1 nitrogen and oxygen atoms in total. The van der Waals surface area contributed by atoms with Crippen LogP contribution in [-0.4, -0.2) is 0 Å². The molecule has 10 heavy (non-hydrogen) atoms. The van der Waals surface area contributed by atoms with E-state index in [0.29, 0.717) is 0 Å². The summed E-state index contributed by atoms with van der Waals surface area (Å²) < 4.78 is 5.14. The van der Waals surface area contributed by atoms with Gasteiger partial charge in [0.1, 0.15) is 0 Å². The van der Waals surface area contributed by atoms with Crippen LogP contribution in [0.5, 0.6) is 0 Å². The molecule has 3 rings (SSSR count). The maximum Gasteiger partial charge on any atom is 0.0940 e. The lowest BCUT2D eigenvalue weighted by atomic mass is 9.73.